The fourth-order valence-electron chi connectivity index (χ4n) is 2.23. The van der Waals surface area contributed by atoms with Crippen molar-refractivity contribution in [2.45, 2.75) is 18.7 Å². The lowest BCUT2D eigenvalue weighted by Gasteiger charge is -2.19. The second-order valence-corrected chi connectivity index (χ2v) is 7.83. The molecule has 0 bridgehead atoms. The van der Waals surface area contributed by atoms with Crippen LogP contribution in [-0.2, 0) is 10.0 Å². The predicted octanol–water partition coefficient (Wildman–Crippen LogP) is 2.86. The van der Waals surface area contributed by atoms with Crippen LogP contribution in [0.2, 0.25) is 0 Å². The maximum atomic E-state index is 12.3. The summed E-state index contributed by atoms with van der Waals surface area (Å²) in [7, 11) is -1.90. The highest BCUT2D eigenvalue weighted by Gasteiger charge is 2.15. The molecule has 0 aliphatic rings. The summed E-state index contributed by atoms with van der Waals surface area (Å²) in [6.45, 7) is 4.46. The van der Waals surface area contributed by atoms with Crippen LogP contribution in [-0.4, -0.2) is 44.2 Å². The summed E-state index contributed by atoms with van der Waals surface area (Å²) >= 11 is 0. The molecule has 2 aromatic rings. The van der Waals surface area contributed by atoms with Crippen LogP contribution in [0.4, 0.5) is 11.4 Å². The standard InChI is InChI=1S/C18H22N4O4S/c1-14-4-6-16(7-5-14)20-15(2)21(3)13-12-19-27(25,26)18-10-8-17(9-11-18)22(23)24/h4-11,19H,12-13H2,1-3H3. The zero-order valence-corrected chi connectivity index (χ0v) is 16.2. The van der Waals surface area contributed by atoms with E-state index in [0.29, 0.717) is 6.54 Å². The first-order chi connectivity index (χ1) is 12.7. The van der Waals surface area contributed by atoms with Gasteiger partial charge in [0.15, 0.2) is 0 Å². The summed E-state index contributed by atoms with van der Waals surface area (Å²) in [6.07, 6.45) is 0. The van der Waals surface area contributed by atoms with Crippen molar-refractivity contribution in [3.05, 3.63) is 64.2 Å². The van der Waals surface area contributed by atoms with E-state index in [1.807, 2.05) is 50.1 Å². The number of rotatable bonds is 7. The summed E-state index contributed by atoms with van der Waals surface area (Å²) < 4.78 is 27.0. The Morgan fingerprint density at radius 3 is 2.30 bits per heavy atom. The topological polar surface area (TPSA) is 105 Å². The third-order valence-corrected chi connectivity index (χ3v) is 5.45. The largest absolute Gasteiger partial charge is 0.362 e. The number of hydrogen-bond acceptors (Lipinski definition) is 5. The molecule has 0 unspecified atom stereocenters. The highest BCUT2D eigenvalue weighted by Crippen LogP contribution is 2.16. The van der Waals surface area contributed by atoms with Gasteiger partial charge in [-0.25, -0.2) is 18.1 Å². The van der Waals surface area contributed by atoms with Crippen molar-refractivity contribution >= 4 is 27.2 Å². The average molecular weight is 390 g/mol. The first kappa shape index (κ1) is 20.5. The predicted molar refractivity (Wildman–Crippen MR) is 105 cm³/mol. The number of aryl methyl sites for hydroxylation is 1. The zero-order valence-electron chi connectivity index (χ0n) is 15.4. The highest BCUT2D eigenvalue weighted by atomic mass is 32.2. The molecule has 2 aromatic carbocycles. The molecular weight excluding hydrogens is 368 g/mol. The van der Waals surface area contributed by atoms with Crippen LogP contribution < -0.4 is 4.72 Å². The first-order valence-corrected chi connectivity index (χ1v) is 9.74. The number of benzene rings is 2. The molecule has 27 heavy (non-hydrogen) atoms. The summed E-state index contributed by atoms with van der Waals surface area (Å²) in [4.78, 5) is 16.4. The third-order valence-electron chi connectivity index (χ3n) is 3.97. The number of nitro benzene ring substituents is 1. The Bertz CT molecular complexity index is 923. The van der Waals surface area contributed by atoms with E-state index in [-0.39, 0.29) is 17.1 Å². The molecule has 0 fully saturated rings. The second-order valence-electron chi connectivity index (χ2n) is 6.06. The lowest BCUT2D eigenvalue weighted by atomic mass is 10.2. The maximum absolute atomic E-state index is 12.3. The number of hydrogen-bond donors (Lipinski definition) is 1. The SMILES string of the molecule is CC(=Nc1ccc(C)cc1)N(C)CCNS(=O)(=O)c1ccc([N+](=O)[O-])cc1. The number of nitrogens with one attached hydrogen (secondary N) is 1. The summed E-state index contributed by atoms with van der Waals surface area (Å²) in [5, 5.41) is 10.6. The summed E-state index contributed by atoms with van der Waals surface area (Å²) in [5.41, 5.74) is 1.83. The Kier molecular flexibility index (Phi) is 6.65. The molecule has 144 valence electrons. The van der Waals surface area contributed by atoms with Gasteiger partial charge in [0.2, 0.25) is 10.0 Å². The van der Waals surface area contributed by atoms with Gasteiger partial charge in [-0.1, -0.05) is 17.7 Å². The smallest absolute Gasteiger partial charge is 0.269 e. The molecule has 2 rings (SSSR count). The molecule has 0 saturated carbocycles. The van der Waals surface area contributed by atoms with Crippen molar-refractivity contribution < 1.29 is 13.3 Å². The monoisotopic (exact) mass is 390 g/mol. The Balaban J connectivity index is 1.93. The quantitative estimate of drug-likeness (QED) is 0.339. The van der Waals surface area contributed by atoms with Gasteiger partial charge in [-0.05, 0) is 38.1 Å². The Hall–Kier alpha value is -2.78. The van der Waals surface area contributed by atoms with Gasteiger partial charge in [-0.3, -0.25) is 10.1 Å². The molecule has 8 nitrogen and oxygen atoms in total. The molecule has 0 spiro atoms. The molecule has 0 amide bonds. The highest BCUT2D eigenvalue weighted by molar-refractivity contribution is 7.89. The van der Waals surface area contributed by atoms with Crippen LogP contribution in [0.1, 0.15) is 12.5 Å². The molecule has 1 N–H and O–H groups in total. The van der Waals surface area contributed by atoms with E-state index in [9.17, 15) is 18.5 Å². The van der Waals surface area contributed by atoms with Gasteiger partial charge in [0.1, 0.15) is 5.84 Å². The molecule has 0 aliphatic heterocycles. The maximum Gasteiger partial charge on any atom is 0.269 e. The van der Waals surface area contributed by atoms with Crippen LogP contribution in [0.25, 0.3) is 0 Å². The molecule has 0 saturated heterocycles. The van der Waals surface area contributed by atoms with E-state index < -0.39 is 14.9 Å². The van der Waals surface area contributed by atoms with Crippen molar-refractivity contribution in [1.82, 2.24) is 9.62 Å². The first-order valence-electron chi connectivity index (χ1n) is 8.26. The van der Waals surface area contributed by atoms with E-state index in [1.165, 1.54) is 24.3 Å². The molecule has 0 heterocycles. The van der Waals surface area contributed by atoms with Crippen LogP contribution in [0.15, 0.2) is 58.4 Å². The van der Waals surface area contributed by atoms with Crippen LogP contribution >= 0.6 is 0 Å². The van der Waals surface area contributed by atoms with Crippen molar-refractivity contribution in [3.63, 3.8) is 0 Å². The van der Waals surface area contributed by atoms with Crippen LogP contribution in [0, 0.1) is 17.0 Å². The average Bonchev–Trinajstić information content (AvgIpc) is 2.63. The fourth-order valence-corrected chi connectivity index (χ4v) is 3.25. The van der Waals surface area contributed by atoms with Gasteiger partial charge in [-0.2, -0.15) is 0 Å². The molecular formula is C18H22N4O4S. The minimum absolute atomic E-state index is 0.0132. The van der Waals surface area contributed by atoms with Crippen molar-refractivity contribution in [3.8, 4) is 0 Å². The minimum atomic E-state index is -3.73. The van der Waals surface area contributed by atoms with Gasteiger partial charge in [0, 0.05) is 32.3 Å². The lowest BCUT2D eigenvalue weighted by molar-refractivity contribution is -0.384. The van der Waals surface area contributed by atoms with Gasteiger partial charge < -0.3 is 4.90 Å². The summed E-state index contributed by atoms with van der Waals surface area (Å²) in [6, 6.07) is 12.6. The number of likely N-dealkylation sites (N-methyl/N-ethyl adjacent to an activating group) is 1. The zero-order chi connectivity index (χ0) is 20.0. The van der Waals surface area contributed by atoms with E-state index >= 15 is 0 Å². The number of amidine groups is 1. The minimum Gasteiger partial charge on any atom is -0.362 e. The van der Waals surface area contributed by atoms with Gasteiger partial charge in [-0.15, -0.1) is 0 Å². The fraction of sp³-hybridized carbons (Fsp3) is 0.278. The van der Waals surface area contributed by atoms with E-state index in [1.54, 1.807) is 0 Å². The Morgan fingerprint density at radius 2 is 1.74 bits per heavy atom. The van der Waals surface area contributed by atoms with E-state index in [4.69, 9.17) is 0 Å². The number of aliphatic imine (C=N–C) groups is 1. The molecule has 0 aromatic heterocycles. The molecule has 9 heteroatoms. The molecule has 0 aliphatic carbocycles. The van der Waals surface area contributed by atoms with E-state index in [0.717, 1.165) is 17.1 Å². The van der Waals surface area contributed by atoms with Crippen molar-refractivity contribution in [2.24, 2.45) is 4.99 Å². The third kappa shape index (κ3) is 5.87. The van der Waals surface area contributed by atoms with Gasteiger partial charge in [0.25, 0.3) is 5.69 Å². The lowest BCUT2D eigenvalue weighted by Crippen LogP contribution is -2.35. The number of nitrogens with zero attached hydrogens (tertiary/aromatic N) is 3. The van der Waals surface area contributed by atoms with Crippen molar-refractivity contribution in [1.29, 1.82) is 0 Å². The molecule has 0 atom stereocenters. The Labute approximate surface area is 158 Å². The van der Waals surface area contributed by atoms with Crippen molar-refractivity contribution in [2.75, 3.05) is 20.1 Å². The normalized spacial score (nSPS) is 12.0. The number of sulfonamides is 1. The molecule has 0 radical (unpaired) electrons. The number of non-ortho nitro benzene ring substituents is 1. The summed E-state index contributed by atoms with van der Waals surface area (Å²) in [5.74, 6) is 0.758. The van der Waals surface area contributed by atoms with Crippen LogP contribution in [0.3, 0.4) is 0 Å². The Morgan fingerprint density at radius 1 is 1.15 bits per heavy atom. The van der Waals surface area contributed by atoms with E-state index in [2.05, 4.69) is 9.71 Å². The van der Waals surface area contributed by atoms with Gasteiger partial charge in [0.05, 0.1) is 15.5 Å². The van der Waals surface area contributed by atoms with Crippen LogP contribution in [0.5, 0.6) is 0 Å². The number of nitro groups is 1. The second kappa shape index (κ2) is 8.74. The van der Waals surface area contributed by atoms with Gasteiger partial charge >= 0.3 is 0 Å².